The Labute approximate surface area is 114 Å². The van der Waals surface area contributed by atoms with Crippen molar-refractivity contribution in [1.82, 2.24) is 5.32 Å². The van der Waals surface area contributed by atoms with Crippen molar-refractivity contribution in [3.8, 4) is 0 Å². The first kappa shape index (κ1) is 14.2. The van der Waals surface area contributed by atoms with Crippen LogP contribution in [0.5, 0.6) is 0 Å². The maximum atomic E-state index is 12.2. The largest absolute Gasteiger partial charge is 0.312 e. The molecule has 104 valence electrons. The molecular weight excluding hydrogens is 262 g/mol. The fraction of sp³-hybridized carbons (Fsp3) is 0.500. The summed E-state index contributed by atoms with van der Waals surface area (Å²) in [4.78, 5) is 12.2. The molecule has 0 amide bonds. The van der Waals surface area contributed by atoms with Crippen molar-refractivity contribution in [3.05, 3.63) is 35.4 Å². The van der Waals surface area contributed by atoms with Crippen molar-refractivity contribution >= 4 is 15.6 Å². The van der Waals surface area contributed by atoms with Gasteiger partial charge in [-0.05, 0) is 17.5 Å². The molecule has 0 aromatic heterocycles. The highest BCUT2D eigenvalue weighted by Crippen LogP contribution is 2.25. The van der Waals surface area contributed by atoms with Crippen molar-refractivity contribution in [3.63, 3.8) is 0 Å². The summed E-state index contributed by atoms with van der Waals surface area (Å²) in [6.45, 7) is 1.44. The highest BCUT2D eigenvalue weighted by molar-refractivity contribution is 7.90. The van der Waals surface area contributed by atoms with Crippen molar-refractivity contribution < 1.29 is 13.2 Å². The average molecular weight is 281 g/mol. The molecule has 1 aliphatic rings. The molecule has 1 aliphatic heterocycles. The van der Waals surface area contributed by atoms with E-state index in [1.54, 1.807) is 0 Å². The second kappa shape index (κ2) is 5.84. The van der Waals surface area contributed by atoms with Crippen LogP contribution in [0.25, 0.3) is 0 Å². The van der Waals surface area contributed by atoms with E-state index in [1.807, 2.05) is 24.3 Å². The number of Topliss-reactive ketones (excluding diaryl/α,β-unsaturated/α-hetero) is 1. The van der Waals surface area contributed by atoms with Crippen molar-refractivity contribution in [2.45, 2.75) is 25.3 Å². The van der Waals surface area contributed by atoms with Crippen LogP contribution in [0.1, 0.15) is 29.9 Å². The minimum Gasteiger partial charge on any atom is -0.312 e. The molecule has 1 aromatic rings. The van der Waals surface area contributed by atoms with Crippen LogP contribution < -0.4 is 5.32 Å². The number of ketones is 1. The van der Waals surface area contributed by atoms with E-state index < -0.39 is 9.84 Å². The molecule has 1 aromatic carbocycles. The van der Waals surface area contributed by atoms with Gasteiger partial charge in [0.15, 0.2) is 0 Å². The highest BCUT2D eigenvalue weighted by atomic mass is 32.2. The average Bonchev–Trinajstić information content (AvgIpc) is 2.36. The quantitative estimate of drug-likeness (QED) is 0.883. The number of benzene rings is 1. The second-order valence-corrected chi connectivity index (χ2v) is 7.34. The topological polar surface area (TPSA) is 63.2 Å². The predicted molar refractivity (Wildman–Crippen MR) is 74.8 cm³/mol. The number of rotatable bonds is 5. The molecule has 1 atom stereocenters. The Hall–Kier alpha value is -1.20. The van der Waals surface area contributed by atoms with Gasteiger partial charge in [-0.15, -0.1) is 0 Å². The Morgan fingerprint density at radius 3 is 2.84 bits per heavy atom. The lowest BCUT2D eigenvalue weighted by Gasteiger charge is -2.25. The zero-order chi connectivity index (χ0) is 13.9. The summed E-state index contributed by atoms with van der Waals surface area (Å²) in [5.74, 6) is 0.0772. The molecule has 0 spiro atoms. The second-order valence-electron chi connectivity index (χ2n) is 5.08. The first-order valence-electron chi connectivity index (χ1n) is 6.46. The summed E-state index contributed by atoms with van der Waals surface area (Å²) in [5, 5.41) is 3.24. The molecule has 0 saturated carbocycles. The van der Waals surface area contributed by atoms with E-state index in [2.05, 4.69) is 5.32 Å². The third kappa shape index (κ3) is 3.88. The summed E-state index contributed by atoms with van der Waals surface area (Å²) in [7, 11) is -2.98. The van der Waals surface area contributed by atoms with E-state index in [9.17, 15) is 13.2 Å². The van der Waals surface area contributed by atoms with Gasteiger partial charge in [-0.1, -0.05) is 24.3 Å². The van der Waals surface area contributed by atoms with E-state index in [0.717, 1.165) is 17.7 Å². The lowest BCUT2D eigenvalue weighted by Crippen LogP contribution is -2.32. The van der Waals surface area contributed by atoms with Crippen molar-refractivity contribution in [2.24, 2.45) is 0 Å². The number of hydrogen-bond acceptors (Lipinski definition) is 4. The van der Waals surface area contributed by atoms with Crippen LogP contribution in [0.4, 0.5) is 0 Å². The van der Waals surface area contributed by atoms with Crippen molar-refractivity contribution in [2.75, 3.05) is 18.6 Å². The van der Waals surface area contributed by atoms with Crippen molar-refractivity contribution in [1.29, 1.82) is 0 Å². The van der Waals surface area contributed by atoms with Crippen LogP contribution in [0.2, 0.25) is 0 Å². The summed E-state index contributed by atoms with van der Waals surface area (Å²) in [6, 6.07) is 7.94. The Morgan fingerprint density at radius 2 is 2.11 bits per heavy atom. The summed E-state index contributed by atoms with van der Waals surface area (Å²) >= 11 is 0. The molecule has 1 N–H and O–H groups in total. The van der Waals surface area contributed by atoms with Crippen LogP contribution in [-0.2, 0) is 21.2 Å². The maximum absolute atomic E-state index is 12.2. The van der Waals surface area contributed by atoms with Gasteiger partial charge in [-0.2, -0.15) is 0 Å². The van der Waals surface area contributed by atoms with Gasteiger partial charge in [0.05, 0.1) is 11.7 Å². The smallest absolute Gasteiger partial charge is 0.147 e. The van der Waals surface area contributed by atoms with Gasteiger partial charge in [0.1, 0.15) is 15.6 Å². The zero-order valence-corrected chi connectivity index (χ0v) is 11.9. The first-order chi connectivity index (χ1) is 8.97. The minimum absolute atomic E-state index is 0.0839. The van der Waals surface area contributed by atoms with E-state index >= 15 is 0 Å². The molecule has 19 heavy (non-hydrogen) atoms. The molecular formula is C14H19NO3S. The number of hydrogen-bond donors (Lipinski definition) is 1. The number of nitrogens with one attached hydrogen (secondary N) is 1. The van der Waals surface area contributed by atoms with Crippen LogP contribution in [0.15, 0.2) is 24.3 Å². The third-order valence-corrected chi connectivity index (χ3v) is 4.45. The van der Waals surface area contributed by atoms with Gasteiger partial charge in [0.2, 0.25) is 0 Å². The minimum atomic E-state index is -2.98. The molecule has 4 nitrogen and oxygen atoms in total. The van der Waals surface area contributed by atoms with Crippen LogP contribution in [0, 0.1) is 0 Å². The molecule has 1 unspecified atom stereocenters. The number of carbonyl (C=O) groups excluding carboxylic acids is 1. The Balaban J connectivity index is 2.01. The molecule has 0 fully saturated rings. The van der Waals surface area contributed by atoms with Crippen LogP contribution in [-0.4, -0.2) is 32.8 Å². The van der Waals surface area contributed by atoms with Gasteiger partial charge in [-0.3, -0.25) is 4.79 Å². The molecule has 0 aliphatic carbocycles. The zero-order valence-electron chi connectivity index (χ0n) is 11.1. The Kier molecular flexibility index (Phi) is 4.37. The number of carbonyl (C=O) groups is 1. The van der Waals surface area contributed by atoms with Crippen LogP contribution in [0.3, 0.4) is 0 Å². The molecule has 2 rings (SSSR count). The van der Waals surface area contributed by atoms with Gasteiger partial charge in [-0.25, -0.2) is 8.42 Å². The monoisotopic (exact) mass is 281 g/mol. The number of sulfone groups is 1. The maximum Gasteiger partial charge on any atom is 0.147 e. The summed E-state index contributed by atoms with van der Waals surface area (Å²) in [5.41, 5.74) is 2.25. The highest BCUT2D eigenvalue weighted by Gasteiger charge is 2.25. The SMILES string of the molecule is CS(=O)(=O)CCCC(=O)C1CNCc2ccccc21. The Bertz CT molecular complexity index is 566. The predicted octanol–water partition coefficient (Wildman–Crippen LogP) is 1.27. The third-order valence-electron chi connectivity index (χ3n) is 3.42. The molecule has 0 radical (unpaired) electrons. The Morgan fingerprint density at radius 1 is 1.37 bits per heavy atom. The summed E-state index contributed by atoms with van der Waals surface area (Å²) in [6.07, 6.45) is 1.94. The normalized spacial score (nSPS) is 18.9. The molecule has 5 heteroatoms. The van der Waals surface area contributed by atoms with E-state index in [0.29, 0.717) is 19.4 Å². The fourth-order valence-electron chi connectivity index (χ4n) is 2.47. The van der Waals surface area contributed by atoms with Gasteiger partial charge in [0, 0.05) is 25.8 Å². The number of fused-ring (bicyclic) bond motifs is 1. The standard InChI is InChI=1S/C14H19NO3S/c1-19(17,18)8-4-7-14(16)13-10-15-9-11-5-2-3-6-12(11)13/h2-3,5-6,13,15H,4,7-10H2,1H3. The fourth-order valence-corrected chi connectivity index (χ4v) is 3.14. The lowest BCUT2D eigenvalue weighted by atomic mass is 9.86. The van der Waals surface area contributed by atoms with E-state index in [-0.39, 0.29) is 17.5 Å². The van der Waals surface area contributed by atoms with Gasteiger partial charge in [0.25, 0.3) is 0 Å². The lowest BCUT2D eigenvalue weighted by molar-refractivity contribution is -0.120. The summed E-state index contributed by atoms with van der Waals surface area (Å²) < 4.78 is 22.1. The van der Waals surface area contributed by atoms with Crippen LogP contribution >= 0.6 is 0 Å². The van der Waals surface area contributed by atoms with E-state index in [4.69, 9.17) is 0 Å². The first-order valence-corrected chi connectivity index (χ1v) is 8.52. The molecule has 0 saturated heterocycles. The molecule has 1 heterocycles. The van der Waals surface area contributed by atoms with Gasteiger partial charge >= 0.3 is 0 Å². The van der Waals surface area contributed by atoms with Gasteiger partial charge < -0.3 is 5.32 Å². The molecule has 0 bridgehead atoms. The van der Waals surface area contributed by atoms with E-state index in [1.165, 1.54) is 6.26 Å².